The molecule has 0 saturated carbocycles. The van der Waals surface area contributed by atoms with E-state index >= 15 is 0 Å². The van der Waals surface area contributed by atoms with Gasteiger partial charge in [-0.2, -0.15) is 0 Å². The van der Waals surface area contributed by atoms with Gasteiger partial charge >= 0.3 is 0 Å². The summed E-state index contributed by atoms with van der Waals surface area (Å²) in [4.78, 5) is 0. The molecule has 0 saturated heterocycles. The summed E-state index contributed by atoms with van der Waals surface area (Å²) in [5.41, 5.74) is 3.27. The molecule has 122 valence electrons. The molecule has 2 aromatic carbocycles. The van der Waals surface area contributed by atoms with Gasteiger partial charge in [0, 0.05) is 11.6 Å². The van der Waals surface area contributed by atoms with Crippen LogP contribution in [-0.2, 0) is 5.54 Å². The zero-order valence-corrected chi connectivity index (χ0v) is 14.3. The van der Waals surface area contributed by atoms with E-state index in [0.717, 1.165) is 12.0 Å². The quantitative estimate of drug-likeness (QED) is 0.714. The van der Waals surface area contributed by atoms with Gasteiger partial charge in [-0.1, -0.05) is 67.6 Å². The van der Waals surface area contributed by atoms with Crippen LogP contribution in [0.15, 0.2) is 67.3 Å². The minimum absolute atomic E-state index is 0.110. The minimum Gasteiger partial charge on any atom is -0.384 e. The molecule has 0 amide bonds. The first kappa shape index (κ1) is 17.5. The van der Waals surface area contributed by atoms with Gasteiger partial charge in [0.2, 0.25) is 0 Å². The Kier molecular flexibility index (Phi) is 5.75. The van der Waals surface area contributed by atoms with E-state index in [1.54, 1.807) is 6.08 Å². The number of benzene rings is 2. The van der Waals surface area contributed by atoms with Crippen LogP contribution in [0.2, 0.25) is 0 Å². The molecule has 0 aromatic heterocycles. The summed E-state index contributed by atoms with van der Waals surface area (Å²) in [6, 6.07) is 18.9. The van der Waals surface area contributed by atoms with Crippen molar-refractivity contribution in [2.45, 2.75) is 44.9 Å². The predicted molar refractivity (Wildman–Crippen MR) is 97.2 cm³/mol. The molecule has 0 aliphatic rings. The SMILES string of the molecule is C=CC(O)c1ccc(C(CC)NC(C)(C)c2ccccc2)cc1. The maximum atomic E-state index is 9.82. The van der Waals surface area contributed by atoms with Gasteiger partial charge < -0.3 is 10.4 Å². The Morgan fingerprint density at radius 2 is 1.61 bits per heavy atom. The first-order valence-corrected chi connectivity index (χ1v) is 8.21. The minimum atomic E-state index is -0.599. The average molecular weight is 309 g/mol. The van der Waals surface area contributed by atoms with Crippen molar-refractivity contribution >= 4 is 0 Å². The molecule has 2 N–H and O–H groups in total. The number of nitrogens with one attached hydrogen (secondary N) is 1. The van der Waals surface area contributed by atoms with Crippen molar-refractivity contribution in [3.05, 3.63) is 83.9 Å². The number of hydrogen-bond donors (Lipinski definition) is 2. The number of rotatable bonds is 7. The monoisotopic (exact) mass is 309 g/mol. The highest BCUT2D eigenvalue weighted by Crippen LogP contribution is 2.27. The van der Waals surface area contributed by atoms with Crippen LogP contribution in [0.5, 0.6) is 0 Å². The van der Waals surface area contributed by atoms with Gasteiger partial charge in [-0.3, -0.25) is 0 Å². The summed E-state index contributed by atoms with van der Waals surface area (Å²) in [6.45, 7) is 10.2. The lowest BCUT2D eigenvalue weighted by Crippen LogP contribution is -2.39. The summed E-state index contributed by atoms with van der Waals surface area (Å²) < 4.78 is 0. The fourth-order valence-corrected chi connectivity index (χ4v) is 2.86. The fraction of sp³-hybridized carbons (Fsp3) is 0.333. The van der Waals surface area contributed by atoms with E-state index < -0.39 is 6.10 Å². The van der Waals surface area contributed by atoms with Crippen LogP contribution in [0.25, 0.3) is 0 Å². The highest BCUT2D eigenvalue weighted by Gasteiger charge is 2.24. The van der Waals surface area contributed by atoms with Crippen LogP contribution in [0.3, 0.4) is 0 Å². The van der Waals surface area contributed by atoms with E-state index in [0.29, 0.717) is 0 Å². The molecule has 0 bridgehead atoms. The molecule has 2 nitrogen and oxygen atoms in total. The Morgan fingerprint density at radius 1 is 1.04 bits per heavy atom. The molecule has 0 heterocycles. The Bertz CT molecular complexity index is 616. The van der Waals surface area contributed by atoms with Crippen LogP contribution >= 0.6 is 0 Å². The molecule has 2 aromatic rings. The van der Waals surface area contributed by atoms with Gasteiger partial charge in [0.15, 0.2) is 0 Å². The highest BCUT2D eigenvalue weighted by atomic mass is 16.3. The maximum Gasteiger partial charge on any atom is 0.0969 e. The molecular weight excluding hydrogens is 282 g/mol. The van der Waals surface area contributed by atoms with Crippen molar-refractivity contribution in [1.29, 1.82) is 0 Å². The molecule has 2 unspecified atom stereocenters. The maximum absolute atomic E-state index is 9.82. The van der Waals surface area contributed by atoms with Gasteiger partial charge in [0.05, 0.1) is 6.10 Å². The van der Waals surface area contributed by atoms with Crippen LogP contribution < -0.4 is 5.32 Å². The number of hydrogen-bond acceptors (Lipinski definition) is 2. The summed E-state index contributed by atoms with van der Waals surface area (Å²) >= 11 is 0. The van der Waals surface area contributed by atoms with Crippen molar-refractivity contribution in [3.63, 3.8) is 0 Å². The summed E-state index contributed by atoms with van der Waals surface area (Å²) in [6.07, 6.45) is 1.95. The zero-order chi connectivity index (χ0) is 16.9. The lowest BCUT2D eigenvalue weighted by atomic mass is 9.91. The Morgan fingerprint density at radius 3 is 2.13 bits per heavy atom. The topological polar surface area (TPSA) is 32.3 Å². The normalized spacial score (nSPS) is 14.3. The van der Waals surface area contributed by atoms with Gasteiger partial charge in [0.25, 0.3) is 0 Å². The molecule has 0 spiro atoms. The van der Waals surface area contributed by atoms with E-state index in [2.05, 4.69) is 69.1 Å². The third-order valence-electron chi connectivity index (χ3n) is 4.34. The lowest BCUT2D eigenvalue weighted by Gasteiger charge is -2.32. The van der Waals surface area contributed by atoms with Gasteiger partial charge in [-0.15, -0.1) is 6.58 Å². The van der Waals surface area contributed by atoms with Crippen LogP contribution in [-0.4, -0.2) is 5.11 Å². The van der Waals surface area contributed by atoms with E-state index in [-0.39, 0.29) is 11.6 Å². The largest absolute Gasteiger partial charge is 0.384 e. The van der Waals surface area contributed by atoms with Crippen LogP contribution in [0.4, 0.5) is 0 Å². The molecule has 0 aliphatic carbocycles. The molecule has 0 radical (unpaired) electrons. The van der Waals surface area contributed by atoms with Crippen LogP contribution in [0.1, 0.15) is 56.0 Å². The molecule has 2 rings (SSSR count). The number of aliphatic hydroxyl groups excluding tert-OH is 1. The summed E-state index contributed by atoms with van der Waals surface area (Å²) in [7, 11) is 0. The lowest BCUT2D eigenvalue weighted by molar-refractivity contribution is 0.229. The zero-order valence-electron chi connectivity index (χ0n) is 14.3. The van der Waals surface area contributed by atoms with Gasteiger partial charge in [0.1, 0.15) is 0 Å². The Balaban J connectivity index is 2.18. The molecule has 2 atom stereocenters. The molecular formula is C21H27NO. The fourth-order valence-electron chi connectivity index (χ4n) is 2.86. The molecule has 2 heteroatoms. The smallest absolute Gasteiger partial charge is 0.0969 e. The molecule has 0 fully saturated rings. The van der Waals surface area contributed by atoms with Crippen molar-refractivity contribution in [3.8, 4) is 0 Å². The van der Waals surface area contributed by atoms with E-state index in [1.807, 2.05) is 18.2 Å². The van der Waals surface area contributed by atoms with E-state index in [1.165, 1.54) is 11.1 Å². The second kappa shape index (κ2) is 7.58. The third-order valence-corrected chi connectivity index (χ3v) is 4.34. The summed E-state index contributed by atoms with van der Waals surface area (Å²) in [5.74, 6) is 0. The second-order valence-corrected chi connectivity index (χ2v) is 6.44. The Labute approximate surface area is 139 Å². The van der Waals surface area contributed by atoms with E-state index in [9.17, 15) is 5.11 Å². The third kappa shape index (κ3) is 4.31. The van der Waals surface area contributed by atoms with Crippen LogP contribution in [0, 0.1) is 0 Å². The highest BCUT2D eigenvalue weighted by molar-refractivity contribution is 5.29. The van der Waals surface area contributed by atoms with Gasteiger partial charge in [-0.05, 0) is 37.0 Å². The summed E-state index contributed by atoms with van der Waals surface area (Å²) in [5, 5.41) is 13.6. The van der Waals surface area contributed by atoms with E-state index in [4.69, 9.17) is 0 Å². The van der Waals surface area contributed by atoms with Crippen molar-refractivity contribution in [2.75, 3.05) is 0 Å². The first-order valence-electron chi connectivity index (χ1n) is 8.21. The molecule has 0 aliphatic heterocycles. The first-order chi connectivity index (χ1) is 11.0. The number of aliphatic hydroxyl groups is 1. The van der Waals surface area contributed by atoms with Crippen molar-refractivity contribution in [1.82, 2.24) is 5.32 Å². The average Bonchev–Trinajstić information content (AvgIpc) is 2.60. The van der Waals surface area contributed by atoms with Crippen molar-refractivity contribution < 1.29 is 5.11 Å². The molecule has 23 heavy (non-hydrogen) atoms. The van der Waals surface area contributed by atoms with Crippen molar-refractivity contribution in [2.24, 2.45) is 0 Å². The standard InChI is InChI=1S/C21H27NO/c1-5-19(16-12-14-17(15-13-16)20(23)6-2)22-21(3,4)18-10-8-7-9-11-18/h6-15,19-20,22-23H,2,5H2,1,3-4H3. The Hall–Kier alpha value is -1.90. The second-order valence-electron chi connectivity index (χ2n) is 6.44. The predicted octanol–water partition coefficient (Wildman–Crippen LogP) is 4.88. The van der Waals surface area contributed by atoms with Gasteiger partial charge in [-0.25, -0.2) is 0 Å².